The Morgan fingerprint density at radius 2 is 1.58 bits per heavy atom. The van der Waals surface area contributed by atoms with E-state index in [0.717, 1.165) is 5.56 Å². The number of hydrogen-bond donors (Lipinski definition) is 2. The Kier molecular flexibility index (Phi) is 6.99. The second-order valence-corrected chi connectivity index (χ2v) is 7.81. The highest BCUT2D eigenvalue weighted by atomic mass is 16.5. The number of para-hydroxylation sites is 1. The van der Waals surface area contributed by atoms with Crippen molar-refractivity contribution >= 4 is 29.1 Å². The van der Waals surface area contributed by atoms with Crippen LogP contribution in [0.2, 0.25) is 0 Å². The van der Waals surface area contributed by atoms with Crippen molar-refractivity contribution in [1.29, 1.82) is 0 Å². The SMILES string of the molecule is O=C(COc1ccc(N2C[C@H](C(=O)NCc3ccccc3)CC2=O)cc1)Nc1ccccc1. The Labute approximate surface area is 192 Å². The lowest BCUT2D eigenvalue weighted by Gasteiger charge is -2.17. The van der Waals surface area contributed by atoms with Gasteiger partial charge in [0.25, 0.3) is 5.91 Å². The van der Waals surface area contributed by atoms with Gasteiger partial charge in [0.15, 0.2) is 6.61 Å². The summed E-state index contributed by atoms with van der Waals surface area (Å²) in [5, 5.41) is 5.67. The molecule has 0 radical (unpaired) electrons. The maximum Gasteiger partial charge on any atom is 0.262 e. The molecule has 1 saturated heterocycles. The minimum atomic E-state index is -0.390. The molecule has 1 heterocycles. The van der Waals surface area contributed by atoms with Gasteiger partial charge in [0.2, 0.25) is 11.8 Å². The number of anilines is 2. The van der Waals surface area contributed by atoms with Crippen molar-refractivity contribution < 1.29 is 19.1 Å². The third-order valence-electron chi connectivity index (χ3n) is 5.38. The van der Waals surface area contributed by atoms with E-state index in [0.29, 0.717) is 30.2 Å². The zero-order chi connectivity index (χ0) is 23.0. The molecule has 0 bridgehead atoms. The monoisotopic (exact) mass is 443 g/mol. The van der Waals surface area contributed by atoms with Gasteiger partial charge in [-0.1, -0.05) is 48.5 Å². The number of amides is 3. The van der Waals surface area contributed by atoms with Gasteiger partial charge in [-0.2, -0.15) is 0 Å². The van der Waals surface area contributed by atoms with Crippen LogP contribution in [-0.4, -0.2) is 30.9 Å². The standard InChI is InChI=1S/C26H25N3O4/c30-24(28-21-9-5-2-6-10-21)18-33-23-13-11-22(12-14-23)29-17-20(15-25(29)31)26(32)27-16-19-7-3-1-4-8-19/h1-14,20H,15-18H2,(H,27,32)(H,28,30)/t20-/m1/s1. The largest absolute Gasteiger partial charge is 0.484 e. The van der Waals surface area contributed by atoms with Crippen molar-refractivity contribution in [3.05, 3.63) is 90.5 Å². The maximum absolute atomic E-state index is 12.5. The molecule has 1 aliphatic rings. The number of carbonyl (C=O) groups excluding carboxylic acids is 3. The van der Waals surface area contributed by atoms with Gasteiger partial charge in [-0.3, -0.25) is 14.4 Å². The number of hydrogen-bond acceptors (Lipinski definition) is 4. The van der Waals surface area contributed by atoms with Crippen LogP contribution in [0.4, 0.5) is 11.4 Å². The molecule has 168 valence electrons. The van der Waals surface area contributed by atoms with Crippen molar-refractivity contribution in [3.63, 3.8) is 0 Å². The van der Waals surface area contributed by atoms with Gasteiger partial charge in [-0.15, -0.1) is 0 Å². The van der Waals surface area contributed by atoms with Crippen LogP contribution in [0.5, 0.6) is 5.75 Å². The Morgan fingerprint density at radius 3 is 2.27 bits per heavy atom. The van der Waals surface area contributed by atoms with Gasteiger partial charge in [0, 0.05) is 30.9 Å². The molecule has 4 rings (SSSR count). The normalized spacial score (nSPS) is 15.2. The first-order chi connectivity index (χ1) is 16.1. The smallest absolute Gasteiger partial charge is 0.262 e. The summed E-state index contributed by atoms with van der Waals surface area (Å²) in [6.07, 6.45) is 0.179. The van der Waals surface area contributed by atoms with E-state index in [1.54, 1.807) is 41.3 Å². The fourth-order valence-electron chi connectivity index (χ4n) is 3.65. The minimum absolute atomic E-state index is 0.0919. The number of nitrogens with zero attached hydrogens (tertiary/aromatic N) is 1. The van der Waals surface area contributed by atoms with Crippen LogP contribution in [0, 0.1) is 5.92 Å². The van der Waals surface area contributed by atoms with Crippen LogP contribution in [0.15, 0.2) is 84.9 Å². The van der Waals surface area contributed by atoms with E-state index < -0.39 is 0 Å². The predicted octanol–water partition coefficient (Wildman–Crippen LogP) is 3.37. The minimum Gasteiger partial charge on any atom is -0.484 e. The van der Waals surface area contributed by atoms with Crippen molar-refractivity contribution in [1.82, 2.24) is 5.32 Å². The molecule has 3 aromatic rings. The second-order valence-electron chi connectivity index (χ2n) is 7.81. The highest BCUT2D eigenvalue weighted by Crippen LogP contribution is 2.27. The van der Waals surface area contributed by atoms with E-state index in [4.69, 9.17) is 4.74 Å². The number of carbonyl (C=O) groups is 3. The topological polar surface area (TPSA) is 87.7 Å². The molecule has 33 heavy (non-hydrogen) atoms. The van der Waals surface area contributed by atoms with Crippen LogP contribution in [0.3, 0.4) is 0 Å². The number of benzene rings is 3. The van der Waals surface area contributed by atoms with Crippen LogP contribution >= 0.6 is 0 Å². The van der Waals surface area contributed by atoms with Crippen LogP contribution in [-0.2, 0) is 20.9 Å². The Bertz CT molecular complexity index is 1100. The van der Waals surface area contributed by atoms with E-state index in [1.165, 1.54) is 0 Å². The molecule has 2 N–H and O–H groups in total. The molecular formula is C26H25N3O4. The zero-order valence-electron chi connectivity index (χ0n) is 18.1. The zero-order valence-corrected chi connectivity index (χ0v) is 18.1. The summed E-state index contributed by atoms with van der Waals surface area (Å²) in [4.78, 5) is 38.7. The quantitative estimate of drug-likeness (QED) is 0.559. The molecule has 1 aliphatic heterocycles. The van der Waals surface area contributed by atoms with Crippen LogP contribution < -0.4 is 20.3 Å². The molecule has 7 nitrogen and oxygen atoms in total. The lowest BCUT2D eigenvalue weighted by Crippen LogP contribution is -2.32. The second kappa shape index (κ2) is 10.5. The van der Waals surface area contributed by atoms with Gasteiger partial charge in [-0.05, 0) is 42.0 Å². The summed E-state index contributed by atoms with van der Waals surface area (Å²) in [5.41, 5.74) is 2.41. The van der Waals surface area contributed by atoms with Crippen molar-refractivity contribution in [2.75, 3.05) is 23.4 Å². The average Bonchev–Trinajstić information content (AvgIpc) is 3.24. The van der Waals surface area contributed by atoms with E-state index in [1.807, 2.05) is 48.5 Å². The number of nitrogens with one attached hydrogen (secondary N) is 2. The molecule has 0 unspecified atom stereocenters. The van der Waals surface area contributed by atoms with Crippen molar-refractivity contribution in [3.8, 4) is 5.75 Å². The Morgan fingerprint density at radius 1 is 0.909 bits per heavy atom. The van der Waals surface area contributed by atoms with Gasteiger partial charge < -0.3 is 20.3 Å². The summed E-state index contributed by atoms with van der Waals surface area (Å²) in [6.45, 7) is 0.647. The first-order valence-electron chi connectivity index (χ1n) is 10.8. The van der Waals surface area contributed by atoms with Crippen molar-refractivity contribution in [2.45, 2.75) is 13.0 Å². The average molecular weight is 444 g/mol. The number of ether oxygens (including phenoxy) is 1. The molecule has 0 spiro atoms. The highest BCUT2D eigenvalue weighted by Gasteiger charge is 2.35. The summed E-state index contributed by atoms with van der Waals surface area (Å²) < 4.78 is 5.54. The fraction of sp³-hybridized carbons (Fsp3) is 0.192. The Balaban J connectivity index is 1.27. The lowest BCUT2D eigenvalue weighted by molar-refractivity contribution is -0.126. The fourth-order valence-corrected chi connectivity index (χ4v) is 3.65. The molecule has 1 fully saturated rings. The summed E-state index contributed by atoms with van der Waals surface area (Å²) in [6, 6.07) is 25.7. The Hall–Kier alpha value is -4.13. The molecular weight excluding hydrogens is 418 g/mol. The molecule has 7 heteroatoms. The summed E-state index contributed by atoms with van der Waals surface area (Å²) in [5.74, 6) is -0.348. The molecule has 0 aliphatic carbocycles. The van der Waals surface area contributed by atoms with Gasteiger partial charge in [-0.25, -0.2) is 0 Å². The molecule has 1 atom stereocenters. The first-order valence-corrected chi connectivity index (χ1v) is 10.8. The third-order valence-corrected chi connectivity index (χ3v) is 5.38. The van der Waals surface area contributed by atoms with Crippen LogP contribution in [0.25, 0.3) is 0 Å². The van der Waals surface area contributed by atoms with Crippen molar-refractivity contribution in [2.24, 2.45) is 5.92 Å². The molecule has 3 aromatic carbocycles. The van der Waals surface area contributed by atoms with E-state index in [2.05, 4.69) is 10.6 Å². The first kappa shape index (κ1) is 22.1. The van der Waals surface area contributed by atoms with E-state index in [-0.39, 0.29) is 36.7 Å². The van der Waals surface area contributed by atoms with E-state index in [9.17, 15) is 14.4 Å². The van der Waals surface area contributed by atoms with Crippen LogP contribution in [0.1, 0.15) is 12.0 Å². The van der Waals surface area contributed by atoms with Gasteiger partial charge in [0.1, 0.15) is 5.75 Å². The summed E-state index contributed by atoms with van der Waals surface area (Å²) >= 11 is 0. The highest BCUT2D eigenvalue weighted by molar-refractivity contribution is 6.00. The molecule has 0 aromatic heterocycles. The van der Waals surface area contributed by atoms with Gasteiger partial charge >= 0.3 is 0 Å². The van der Waals surface area contributed by atoms with E-state index >= 15 is 0 Å². The lowest BCUT2D eigenvalue weighted by atomic mass is 10.1. The third kappa shape index (κ3) is 5.98. The summed E-state index contributed by atoms with van der Waals surface area (Å²) in [7, 11) is 0. The van der Waals surface area contributed by atoms with Gasteiger partial charge in [0.05, 0.1) is 5.92 Å². The predicted molar refractivity (Wildman–Crippen MR) is 126 cm³/mol. The maximum atomic E-state index is 12.5. The molecule has 0 saturated carbocycles. The number of rotatable bonds is 8. The molecule has 3 amide bonds.